The standard InChI is InChI=1S/C25H28N4O2/c1-17(27-14-24-19(15-30)7-10-25(26)29-24)11-20-13-28-23-9-8-21(12-22(20)23)31-16-18-5-3-2-4-6-18/h2-10,12-13,17,27-28,30H,11,14-16H2,1H3,(H2,26,29). The molecule has 0 radical (unpaired) electrons. The van der Waals surface area contributed by atoms with Gasteiger partial charge in [0.2, 0.25) is 0 Å². The molecule has 0 spiro atoms. The number of aliphatic hydroxyl groups excluding tert-OH is 1. The predicted molar refractivity (Wildman–Crippen MR) is 124 cm³/mol. The number of nitrogens with two attached hydrogens (primary N) is 1. The highest BCUT2D eigenvalue weighted by Gasteiger charge is 2.11. The lowest BCUT2D eigenvalue weighted by Gasteiger charge is -2.15. The third-order valence-corrected chi connectivity index (χ3v) is 5.39. The first kappa shape index (κ1) is 20.9. The molecule has 0 saturated carbocycles. The molecule has 4 rings (SSSR count). The van der Waals surface area contributed by atoms with Crippen molar-refractivity contribution in [3.63, 3.8) is 0 Å². The van der Waals surface area contributed by atoms with Crippen LogP contribution in [0.25, 0.3) is 10.9 Å². The summed E-state index contributed by atoms with van der Waals surface area (Å²) in [7, 11) is 0. The zero-order valence-electron chi connectivity index (χ0n) is 17.6. The zero-order chi connectivity index (χ0) is 21.6. The lowest BCUT2D eigenvalue weighted by atomic mass is 10.1. The van der Waals surface area contributed by atoms with Gasteiger partial charge in [0.25, 0.3) is 0 Å². The lowest BCUT2D eigenvalue weighted by Crippen LogP contribution is -2.28. The highest BCUT2D eigenvalue weighted by molar-refractivity contribution is 5.84. The van der Waals surface area contributed by atoms with E-state index in [1.807, 2.05) is 30.3 Å². The zero-order valence-corrected chi connectivity index (χ0v) is 17.6. The van der Waals surface area contributed by atoms with Gasteiger partial charge in [0.05, 0.1) is 12.3 Å². The molecule has 2 aromatic carbocycles. The number of ether oxygens (including phenoxy) is 1. The maximum Gasteiger partial charge on any atom is 0.123 e. The van der Waals surface area contributed by atoms with Crippen LogP contribution in [0, 0.1) is 0 Å². The number of hydrogen-bond donors (Lipinski definition) is 4. The molecule has 2 aromatic heterocycles. The van der Waals surface area contributed by atoms with Gasteiger partial charge in [0, 0.05) is 35.2 Å². The molecule has 0 amide bonds. The van der Waals surface area contributed by atoms with Crippen molar-refractivity contribution in [3.05, 3.63) is 89.2 Å². The number of nitrogen functional groups attached to an aromatic ring is 1. The summed E-state index contributed by atoms with van der Waals surface area (Å²) < 4.78 is 6.00. The van der Waals surface area contributed by atoms with E-state index in [1.54, 1.807) is 6.07 Å². The van der Waals surface area contributed by atoms with Crippen molar-refractivity contribution in [3.8, 4) is 5.75 Å². The van der Waals surface area contributed by atoms with Crippen LogP contribution in [0.1, 0.15) is 29.3 Å². The summed E-state index contributed by atoms with van der Waals surface area (Å²) in [4.78, 5) is 7.70. The van der Waals surface area contributed by atoms with E-state index in [-0.39, 0.29) is 12.6 Å². The second kappa shape index (κ2) is 9.64. The maximum absolute atomic E-state index is 9.52. The van der Waals surface area contributed by atoms with Crippen molar-refractivity contribution in [2.75, 3.05) is 5.73 Å². The molecule has 0 aliphatic carbocycles. The van der Waals surface area contributed by atoms with Crippen LogP contribution in [-0.4, -0.2) is 21.1 Å². The predicted octanol–water partition coefficient (Wildman–Crippen LogP) is 3.94. The Hall–Kier alpha value is -3.35. The van der Waals surface area contributed by atoms with E-state index >= 15 is 0 Å². The Balaban J connectivity index is 1.41. The molecule has 2 heterocycles. The molecule has 6 nitrogen and oxygen atoms in total. The van der Waals surface area contributed by atoms with Crippen LogP contribution in [0.2, 0.25) is 0 Å². The molecular weight excluding hydrogens is 388 g/mol. The van der Waals surface area contributed by atoms with Gasteiger partial charge < -0.3 is 25.9 Å². The Bertz CT molecular complexity index is 1140. The number of nitrogens with one attached hydrogen (secondary N) is 2. The molecule has 0 aliphatic rings. The van der Waals surface area contributed by atoms with E-state index in [0.29, 0.717) is 19.0 Å². The van der Waals surface area contributed by atoms with Crippen molar-refractivity contribution >= 4 is 16.7 Å². The lowest BCUT2D eigenvalue weighted by molar-refractivity contribution is 0.279. The van der Waals surface area contributed by atoms with Gasteiger partial charge >= 0.3 is 0 Å². The highest BCUT2D eigenvalue weighted by atomic mass is 16.5. The fourth-order valence-corrected chi connectivity index (χ4v) is 3.67. The minimum atomic E-state index is -0.0487. The number of aromatic nitrogens is 2. The van der Waals surface area contributed by atoms with Gasteiger partial charge in [0.15, 0.2) is 0 Å². The number of hydrogen-bond acceptors (Lipinski definition) is 5. The van der Waals surface area contributed by atoms with Gasteiger partial charge in [-0.25, -0.2) is 4.98 Å². The summed E-state index contributed by atoms with van der Waals surface area (Å²) in [5.74, 6) is 1.32. The molecule has 160 valence electrons. The molecule has 31 heavy (non-hydrogen) atoms. The van der Waals surface area contributed by atoms with Crippen LogP contribution < -0.4 is 15.8 Å². The molecule has 5 N–H and O–H groups in total. The normalized spacial score (nSPS) is 12.2. The van der Waals surface area contributed by atoms with Crippen LogP contribution in [0.5, 0.6) is 5.75 Å². The van der Waals surface area contributed by atoms with E-state index in [4.69, 9.17) is 10.5 Å². The van der Waals surface area contributed by atoms with E-state index in [9.17, 15) is 5.11 Å². The Morgan fingerprint density at radius 1 is 1.10 bits per heavy atom. The Morgan fingerprint density at radius 2 is 1.94 bits per heavy atom. The third kappa shape index (κ3) is 5.23. The molecule has 4 aromatic rings. The summed E-state index contributed by atoms with van der Waals surface area (Å²) >= 11 is 0. The van der Waals surface area contributed by atoms with Crippen LogP contribution in [-0.2, 0) is 26.2 Å². The molecule has 6 heteroatoms. The van der Waals surface area contributed by atoms with Crippen molar-refractivity contribution in [2.24, 2.45) is 0 Å². The van der Waals surface area contributed by atoms with Gasteiger partial charge in [-0.1, -0.05) is 36.4 Å². The number of fused-ring (bicyclic) bond motifs is 1. The number of aliphatic hydroxyl groups is 1. The van der Waals surface area contributed by atoms with Crippen LogP contribution in [0.4, 0.5) is 5.82 Å². The van der Waals surface area contributed by atoms with Gasteiger partial charge in [0.1, 0.15) is 18.2 Å². The summed E-state index contributed by atoms with van der Waals surface area (Å²) in [5.41, 5.74) is 10.8. The number of benzene rings is 2. The van der Waals surface area contributed by atoms with Crippen LogP contribution in [0.3, 0.4) is 0 Å². The average molecular weight is 417 g/mol. The number of rotatable bonds is 9. The summed E-state index contributed by atoms with van der Waals surface area (Å²) in [6, 6.07) is 20.1. The van der Waals surface area contributed by atoms with Crippen LogP contribution in [0.15, 0.2) is 66.9 Å². The monoisotopic (exact) mass is 416 g/mol. The van der Waals surface area contributed by atoms with Gasteiger partial charge in [-0.3, -0.25) is 0 Å². The van der Waals surface area contributed by atoms with E-state index in [0.717, 1.165) is 39.9 Å². The van der Waals surface area contributed by atoms with E-state index in [2.05, 4.69) is 52.7 Å². The molecule has 0 saturated heterocycles. The van der Waals surface area contributed by atoms with Crippen molar-refractivity contribution < 1.29 is 9.84 Å². The Labute approximate surface area is 182 Å². The number of anilines is 1. The van der Waals surface area contributed by atoms with Crippen molar-refractivity contribution in [1.29, 1.82) is 0 Å². The third-order valence-electron chi connectivity index (χ3n) is 5.39. The fourth-order valence-electron chi connectivity index (χ4n) is 3.67. The number of aromatic amines is 1. The minimum Gasteiger partial charge on any atom is -0.489 e. The van der Waals surface area contributed by atoms with Gasteiger partial charge in [-0.15, -0.1) is 0 Å². The highest BCUT2D eigenvalue weighted by Crippen LogP contribution is 2.25. The van der Waals surface area contributed by atoms with E-state index < -0.39 is 0 Å². The second-order valence-electron chi connectivity index (χ2n) is 7.78. The maximum atomic E-state index is 9.52. The number of nitrogens with zero attached hydrogens (tertiary/aromatic N) is 1. The average Bonchev–Trinajstić information content (AvgIpc) is 3.19. The molecule has 1 atom stereocenters. The van der Waals surface area contributed by atoms with Gasteiger partial charge in [-0.05, 0) is 48.7 Å². The number of H-pyrrole nitrogens is 1. The van der Waals surface area contributed by atoms with Crippen molar-refractivity contribution in [2.45, 2.75) is 39.1 Å². The minimum absolute atomic E-state index is 0.0487. The number of pyridine rings is 1. The van der Waals surface area contributed by atoms with E-state index in [1.165, 1.54) is 5.56 Å². The first-order chi connectivity index (χ1) is 15.1. The first-order valence-electron chi connectivity index (χ1n) is 10.5. The molecular formula is C25H28N4O2. The van der Waals surface area contributed by atoms with Gasteiger partial charge in [-0.2, -0.15) is 0 Å². The molecule has 0 fully saturated rings. The largest absolute Gasteiger partial charge is 0.489 e. The molecule has 0 bridgehead atoms. The SMILES string of the molecule is CC(Cc1c[nH]c2ccc(OCc3ccccc3)cc12)NCc1nc(N)ccc1CO. The summed E-state index contributed by atoms with van der Waals surface area (Å²) in [5, 5.41) is 14.2. The Morgan fingerprint density at radius 3 is 2.74 bits per heavy atom. The topological polar surface area (TPSA) is 96.2 Å². The smallest absolute Gasteiger partial charge is 0.123 e. The second-order valence-corrected chi connectivity index (χ2v) is 7.78. The summed E-state index contributed by atoms with van der Waals surface area (Å²) in [6.07, 6.45) is 2.90. The van der Waals surface area contributed by atoms with Crippen LogP contribution >= 0.6 is 0 Å². The molecule has 0 aliphatic heterocycles. The fraction of sp³-hybridized carbons (Fsp3) is 0.240. The summed E-state index contributed by atoms with van der Waals surface area (Å²) in [6.45, 7) is 3.19. The molecule has 1 unspecified atom stereocenters. The Kier molecular flexibility index (Phi) is 6.50. The first-order valence-corrected chi connectivity index (χ1v) is 10.5. The van der Waals surface area contributed by atoms with Crippen molar-refractivity contribution in [1.82, 2.24) is 15.3 Å². The quantitative estimate of drug-likeness (QED) is 0.331.